The minimum absolute atomic E-state index is 0.0556. The highest BCUT2D eigenvalue weighted by molar-refractivity contribution is 5.80. The third-order valence-corrected chi connectivity index (χ3v) is 3.97. The van der Waals surface area contributed by atoms with Crippen molar-refractivity contribution in [1.29, 1.82) is 0 Å². The topological polar surface area (TPSA) is 71.0 Å². The van der Waals surface area contributed by atoms with Gasteiger partial charge in [0.1, 0.15) is 0 Å². The van der Waals surface area contributed by atoms with Crippen molar-refractivity contribution in [2.45, 2.75) is 25.0 Å². The van der Waals surface area contributed by atoms with E-state index in [9.17, 15) is 4.79 Å². The fourth-order valence-electron chi connectivity index (χ4n) is 2.78. The van der Waals surface area contributed by atoms with Gasteiger partial charge in [0.25, 0.3) is 0 Å². The van der Waals surface area contributed by atoms with Crippen molar-refractivity contribution in [2.24, 2.45) is 5.92 Å². The van der Waals surface area contributed by atoms with Gasteiger partial charge < -0.3 is 24.8 Å². The van der Waals surface area contributed by atoms with Gasteiger partial charge in [-0.25, -0.2) is 0 Å². The first-order chi connectivity index (χ1) is 9.26. The Bertz CT molecular complexity index is 292. The summed E-state index contributed by atoms with van der Waals surface area (Å²) in [5, 5.41) is 11.9. The zero-order chi connectivity index (χ0) is 13.7. The summed E-state index contributed by atoms with van der Waals surface area (Å²) in [6.45, 7) is 3.05. The van der Waals surface area contributed by atoms with E-state index in [1.165, 1.54) is 0 Å². The van der Waals surface area contributed by atoms with Crippen LogP contribution in [0.2, 0.25) is 0 Å². The molecule has 0 saturated carbocycles. The first-order valence-corrected chi connectivity index (χ1v) is 7.02. The van der Waals surface area contributed by atoms with Gasteiger partial charge in [0.2, 0.25) is 5.91 Å². The second kappa shape index (κ2) is 7.19. The number of hydrogen-bond donors (Lipinski definition) is 2. The molecular weight excluding hydrogens is 248 g/mol. The molecule has 6 nitrogen and oxygen atoms in total. The van der Waals surface area contributed by atoms with Crippen molar-refractivity contribution >= 4 is 5.91 Å². The molecule has 0 aromatic rings. The van der Waals surface area contributed by atoms with Crippen molar-refractivity contribution in [3.8, 4) is 0 Å². The summed E-state index contributed by atoms with van der Waals surface area (Å²) in [6, 6.07) is 0.135. The number of rotatable bonds is 5. The van der Waals surface area contributed by atoms with Crippen LogP contribution in [0.5, 0.6) is 0 Å². The zero-order valence-corrected chi connectivity index (χ0v) is 11.5. The van der Waals surface area contributed by atoms with Crippen LogP contribution in [0.25, 0.3) is 0 Å². The van der Waals surface area contributed by atoms with E-state index in [2.05, 4.69) is 5.32 Å². The standard InChI is InChI=1S/C13H24N2O4/c1-14-12-9-18-8-11(12)13(17)15-4-2-10(3-5-15)19-7-6-16/h10-12,14,16H,2-9H2,1H3. The first-order valence-electron chi connectivity index (χ1n) is 7.02. The quantitative estimate of drug-likeness (QED) is 0.687. The fraction of sp³-hybridized carbons (Fsp3) is 0.923. The molecule has 0 bridgehead atoms. The van der Waals surface area contributed by atoms with Crippen LogP contribution in [0.15, 0.2) is 0 Å². The second-order valence-electron chi connectivity index (χ2n) is 5.16. The lowest BCUT2D eigenvalue weighted by Crippen LogP contribution is -2.48. The average molecular weight is 272 g/mol. The molecule has 0 aliphatic carbocycles. The van der Waals surface area contributed by atoms with Crippen molar-refractivity contribution in [3.63, 3.8) is 0 Å². The van der Waals surface area contributed by atoms with E-state index >= 15 is 0 Å². The zero-order valence-electron chi connectivity index (χ0n) is 11.5. The summed E-state index contributed by atoms with van der Waals surface area (Å²) < 4.78 is 10.9. The van der Waals surface area contributed by atoms with Crippen molar-refractivity contribution in [1.82, 2.24) is 10.2 Å². The molecule has 2 N–H and O–H groups in total. The van der Waals surface area contributed by atoms with E-state index in [0.29, 0.717) is 19.8 Å². The van der Waals surface area contributed by atoms with E-state index in [-0.39, 0.29) is 30.6 Å². The van der Waals surface area contributed by atoms with E-state index < -0.39 is 0 Å². The predicted molar refractivity (Wildman–Crippen MR) is 69.8 cm³/mol. The summed E-state index contributed by atoms with van der Waals surface area (Å²) in [4.78, 5) is 14.3. The van der Waals surface area contributed by atoms with E-state index in [0.717, 1.165) is 25.9 Å². The number of aliphatic hydroxyl groups excluding tert-OH is 1. The normalized spacial score (nSPS) is 28.8. The maximum atomic E-state index is 12.4. The molecule has 2 saturated heterocycles. The number of hydrogen-bond acceptors (Lipinski definition) is 5. The number of aliphatic hydroxyl groups is 1. The lowest BCUT2D eigenvalue weighted by molar-refractivity contribution is -0.138. The molecule has 2 aliphatic heterocycles. The first kappa shape index (κ1) is 14.7. The Morgan fingerprint density at radius 3 is 2.79 bits per heavy atom. The van der Waals surface area contributed by atoms with Gasteiger partial charge in [0, 0.05) is 19.1 Å². The lowest BCUT2D eigenvalue weighted by Gasteiger charge is -2.34. The van der Waals surface area contributed by atoms with Crippen LogP contribution in [-0.2, 0) is 14.3 Å². The molecular formula is C13H24N2O4. The van der Waals surface area contributed by atoms with Crippen LogP contribution in [0.4, 0.5) is 0 Å². The summed E-state index contributed by atoms with van der Waals surface area (Å²) in [6.07, 6.45) is 1.88. The summed E-state index contributed by atoms with van der Waals surface area (Å²) in [5.41, 5.74) is 0. The molecule has 2 unspecified atom stereocenters. The third-order valence-electron chi connectivity index (χ3n) is 3.97. The Morgan fingerprint density at radius 1 is 1.42 bits per heavy atom. The van der Waals surface area contributed by atoms with Crippen LogP contribution in [0.1, 0.15) is 12.8 Å². The average Bonchev–Trinajstić information content (AvgIpc) is 2.93. The highest BCUT2D eigenvalue weighted by Gasteiger charge is 2.36. The molecule has 2 heterocycles. The van der Waals surface area contributed by atoms with E-state index in [1.807, 2.05) is 11.9 Å². The summed E-state index contributed by atoms with van der Waals surface area (Å²) in [7, 11) is 1.87. The number of nitrogens with zero attached hydrogens (tertiary/aromatic N) is 1. The molecule has 2 fully saturated rings. The maximum Gasteiger partial charge on any atom is 0.229 e. The van der Waals surface area contributed by atoms with Crippen LogP contribution >= 0.6 is 0 Å². The van der Waals surface area contributed by atoms with Gasteiger partial charge in [-0.15, -0.1) is 0 Å². The van der Waals surface area contributed by atoms with Crippen molar-refractivity contribution in [3.05, 3.63) is 0 Å². The number of ether oxygens (including phenoxy) is 2. The Labute approximate surface area is 114 Å². The lowest BCUT2D eigenvalue weighted by atomic mass is 9.99. The smallest absolute Gasteiger partial charge is 0.229 e. The Balaban J connectivity index is 1.79. The summed E-state index contributed by atoms with van der Waals surface area (Å²) >= 11 is 0. The number of likely N-dealkylation sites (tertiary alicyclic amines) is 1. The van der Waals surface area contributed by atoms with Gasteiger partial charge in [0.15, 0.2) is 0 Å². The highest BCUT2D eigenvalue weighted by atomic mass is 16.5. The summed E-state index contributed by atoms with van der Waals surface area (Å²) in [5.74, 6) is 0.136. The molecule has 2 rings (SSSR count). The Morgan fingerprint density at radius 2 is 2.16 bits per heavy atom. The number of carbonyl (C=O) groups is 1. The largest absolute Gasteiger partial charge is 0.394 e. The van der Waals surface area contributed by atoms with Gasteiger partial charge in [0.05, 0.1) is 38.4 Å². The predicted octanol–water partition coefficient (Wildman–Crippen LogP) is -0.779. The van der Waals surface area contributed by atoms with Crippen LogP contribution < -0.4 is 5.32 Å². The number of nitrogens with one attached hydrogen (secondary N) is 1. The van der Waals surface area contributed by atoms with E-state index in [1.54, 1.807) is 0 Å². The van der Waals surface area contributed by atoms with Crippen LogP contribution in [0, 0.1) is 5.92 Å². The maximum absolute atomic E-state index is 12.4. The van der Waals surface area contributed by atoms with Gasteiger partial charge in [-0.05, 0) is 19.9 Å². The molecule has 2 aliphatic rings. The molecule has 1 amide bonds. The molecule has 6 heteroatoms. The number of carbonyl (C=O) groups excluding carboxylic acids is 1. The highest BCUT2D eigenvalue weighted by Crippen LogP contribution is 2.20. The van der Waals surface area contributed by atoms with Gasteiger partial charge in [-0.2, -0.15) is 0 Å². The molecule has 0 radical (unpaired) electrons. The van der Waals surface area contributed by atoms with Gasteiger partial charge in [-0.3, -0.25) is 4.79 Å². The molecule has 19 heavy (non-hydrogen) atoms. The van der Waals surface area contributed by atoms with Crippen molar-refractivity contribution in [2.75, 3.05) is 46.6 Å². The molecule has 0 aromatic heterocycles. The minimum atomic E-state index is -0.0556. The molecule has 0 aromatic carbocycles. The second-order valence-corrected chi connectivity index (χ2v) is 5.16. The Hall–Kier alpha value is -0.690. The fourth-order valence-corrected chi connectivity index (χ4v) is 2.78. The van der Waals surface area contributed by atoms with E-state index in [4.69, 9.17) is 14.6 Å². The SMILES string of the molecule is CNC1COCC1C(=O)N1CCC(OCCO)CC1. The monoisotopic (exact) mass is 272 g/mol. The number of amides is 1. The van der Waals surface area contributed by atoms with Crippen LogP contribution in [-0.4, -0.2) is 74.6 Å². The minimum Gasteiger partial charge on any atom is -0.394 e. The van der Waals surface area contributed by atoms with Gasteiger partial charge in [-0.1, -0.05) is 0 Å². The molecule has 2 atom stereocenters. The number of piperidine rings is 1. The van der Waals surface area contributed by atoms with Crippen molar-refractivity contribution < 1.29 is 19.4 Å². The van der Waals surface area contributed by atoms with Gasteiger partial charge >= 0.3 is 0 Å². The third kappa shape index (κ3) is 3.66. The Kier molecular flexibility index (Phi) is 5.57. The molecule has 110 valence electrons. The van der Waals surface area contributed by atoms with Crippen LogP contribution in [0.3, 0.4) is 0 Å². The molecule has 0 spiro atoms. The number of likely N-dealkylation sites (N-methyl/N-ethyl adjacent to an activating group) is 1.